The average molecular weight is 271 g/mol. The zero-order chi connectivity index (χ0) is 12.1. The lowest BCUT2D eigenvalue weighted by molar-refractivity contribution is 0.680. The molecule has 1 aliphatic heterocycles. The number of nitrogens with zero attached hydrogens (tertiary/aromatic N) is 2. The molecule has 1 atom stereocenters. The van der Waals surface area contributed by atoms with Crippen molar-refractivity contribution in [2.24, 2.45) is 5.84 Å². The molecule has 2 heterocycles. The monoisotopic (exact) mass is 271 g/mol. The van der Waals surface area contributed by atoms with E-state index in [0.29, 0.717) is 11.9 Å². The van der Waals surface area contributed by atoms with Crippen LogP contribution in [0.25, 0.3) is 0 Å². The van der Waals surface area contributed by atoms with Gasteiger partial charge in [0.15, 0.2) is 5.16 Å². The Morgan fingerprint density at radius 2 is 2.29 bits per heavy atom. The van der Waals surface area contributed by atoms with Gasteiger partial charge < -0.3 is 10.7 Å². The lowest BCUT2D eigenvalue weighted by Gasteiger charge is -2.23. The van der Waals surface area contributed by atoms with Crippen LogP contribution in [0.3, 0.4) is 0 Å². The fourth-order valence-corrected chi connectivity index (χ4v) is 3.18. The molecule has 0 spiro atoms. The largest absolute Gasteiger partial charge is 0.366 e. The first-order valence-corrected chi connectivity index (χ1v) is 7.93. The van der Waals surface area contributed by atoms with Crippen molar-refractivity contribution >= 4 is 35.2 Å². The second kappa shape index (κ2) is 6.32. The minimum Gasteiger partial charge on any atom is -0.366 e. The highest BCUT2D eigenvalue weighted by atomic mass is 32.2. The quantitative estimate of drug-likeness (QED) is 0.333. The van der Waals surface area contributed by atoms with E-state index in [4.69, 9.17) is 5.84 Å². The summed E-state index contributed by atoms with van der Waals surface area (Å²) in [4.78, 5) is 8.66. The van der Waals surface area contributed by atoms with Gasteiger partial charge in [0, 0.05) is 17.9 Å². The van der Waals surface area contributed by atoms with Crippen molar-refractivity contribution in [2.45, 2.75) is 24.0 Å². The lowest BCUT2D eigenvalue weighted by atomic mass is 10.2. The van der Waals surface area contributed by atoms with Crippen molar-refractivity contribution in [1.82, 2.24) is 9.97 Å². The van der Waals surface area contributed by atoms with Crippen molar-refractivity contribution in [3.05, 3.63) is 6.07 Å². The maximum Gasteiger partial charge on any atom is 0.191 e. The second-order valence-corrected chi connectivity index (χ2v) is 5.75. The number of nitrogens with two attached hydrogens (primary N) is 1. The van der Waals surface area contributed by atoms with Crippen molar-refractivity contribution in [3.63, 3.8) is 0 Å². The van der Waals surface area contributed by atoms with Crippen LogP contribution in [-0.2, 0) is 0 Å². The summed E-state index contributed by atoms with van der Waals surface area (Å²) in [7, 11) is 0. The molecule has 17 heavy (non-hydrogen) atoms. The molecular weight excluding hydrogens is 254 g/mol. The maximum absolute atomic E-state index is 5.39. The Morgan fingerprint density at radius 3 is 2.94 bits per heavy atom. The standard InChI is InChI=1S/C10H17N5S2/c1-16-10-13-8(5-9(14-10)15-11)12-7-3-2-4-17-6-7/h5,7H,2-4,6,11H2,1H3,(H2,12,13,14,15). The Labute approximate surface area is 110 Å². The van der Waals surface area contributed by atoms with E-state index in [-0.39, 0.29) is 0 Å². The third kappa shape index (κ3) is 3.65. The highest BCUT2D eigenvalue weighted by molar-refractivity contribution is 7.99. The normalized spacial score (nSPS) is 20.0. The number of nitrogens with one attached hydrogen (secondary N) is 2. The first-order chi connectivity index (χ1) is 8.31. The summed E-state index contributed by atoms with van der Waals surface area (Å²) in [6.45, 7) is 0. The van der Waals surface area contributed by atoms with Crippen LogP contribution in [0, 0.1) is 0 Å². The molecule has 0 aliphatic carbocycles. The van der Waals surface area contributed by atoms with E-state index >= 15 is 0 Å². The topological polar surface area (TPSA) is 75.9 Å². The van der Waals surface area contributed by atoms with Gasteiger partial charge in [0.05, 0.1) is 0 Å². The second-order valence-electron chi connectivity index (χ2n) is 3.83. The van der Waals surface area contributed by atoms with Crippen molar-refractivity contribution in [1.29, 1.82) is 0 Å². The number of rotatable bonds is 4. The Kier molecular flexibility index (Phi) is 4.75. The van der Waals surface area contributed by atoms with Crippen molar-refractivity contribution in [2.75, 3.05) is 28.5 Å². The smallest absolute Gasteiger partial charge is 0.191 e. The molecule has 7 heteroatoms. The molecule has 94 valence electrons. The van der Waals surface area contributed by atoms with Gasteiger partial charge in [0.1, 0.15) is 11.6 Å². The predicted molar refractivity (Wildman–Crippen MR) is 75.6 cm³/mol. The molecule has 0 aromatic carbocycles. The van der Waals surface area contributed by atoms with Gasteiger partial charge >= 0.3 is 0 Å². The van der Waals surface area contributed by atoms with Crippen LogP contribution >= 0.6 is 23.5 Å². The average Bonchev–Trinajstić information content (AvgIpc) is 2.39. The van der Waals surface area contributed by atoms with Gasteiger partial charge in [-0.2, -0.15) is 11.8 Å². The van der Waals surface area contributed by atoms with Gasteiger partial charge in [0.2, 0.25) is 0 Å². The van der Waals surface area contributed by atoms with Crippen LogP contribution in [0.1, 0.15) is 12.8 Å². The first kappa shape index (κ1) is 12.8. The number of hydrazine groups is 1. The van der Waals surface area contributed by atoms with Crippen LogP contribution in [0.4, 0.5) is 11.6 Å². The van der Waals surface area contributed by atoms with Crippen LogP contribution in [0.2, 0.25) is 0 Å². The summed E-state index contributed by atoms with van der Waals surface area (Å²) in [5, 5.41) is 4.18. The number of aromatic nitrogens is 2. The van der Waals surface area contributed by atoms with E-state index in [9.17, 15) is 0 Å². The summed E-state index contributed by atoms with van der Waals surface area (Å²) in [5.41, 5.74) is 2.57. The van der Waals surface area contributed by atoms with Gasteiger partial charge in [-0.1, -0.05) is 11.8 Å². The van der Waals surface area contributed by atoms with Gasteiger partial charge in [-0.3, -0.25) is 0 Å². The summed E-state index contributed by atoms with van der Waals surface area (Å²) in [6.07, 6.45) is 4.43. The van der Waals surface area contributed by atoms with Crippen LogP contribution in [0.5, 0.6) is 0 Å². The molecule has 0 radical (unpaired) electrons. The van der Waals surface area contributed by atoms with Crippen molar-refractivity contribution in [3.8, 4) is 0 Å². The van der Waals surface area contributed by atoms with E-state index in [2.05, 4.69) is 20.7 Å². The molecule has 2 rings (SSSR count). The summed E-state index contributed by atoms with van der Waals surface area (Å²) in [5.74, 6) is 9.31. The third-order valence-electron chi connectivity index (χ3n) is 2.55. The highest BCUT2D eigenvalue weighted by Crippen LogP contribution is 2.22. The van der Waals surface area contributed by atoms with Crippen LogP contribution < -0.4 is 16.6 Å². The molecule has 1 fully saturated rings. The molecule has 0 bridgehead atoms. The Morgan fingerprint density at radius 1 is 1.47 bits per heavy atom. The maximum atomic E-state index is 5.39. The van der Waals surface area contributed by atoms with E-state index in [1.165, 1.54) is 30.4 Å². The van der Waals surface area contributed by atoms with E-state index in [0.717, 1.165) is 16.7 Å². The number of thioether (sulfide) groups is 2. The summed E-state index contributed by atoms with van der Waals surface area (Å²) in [6, 6.07) is 2.35. The fraction of sp³-hybridized carbons (Fsp3) is 0.600. The zero-order valence-corrected chi connectivity index (χ0v) is 11.4. The van der Waals surface area contributed by atoms with Gasteiger partial charge in [-0.05, 0) is 24.9 Å². The molecule has 1 unspecified atom stereocenters. The Balaban J connectivity index is 2.07. The van der Waals surface area contributed by atoms with Gasteiger partial charge in [0.25, 0.3) is 0 Å². The third-order valence-corrected chi connectivity index (χ3v) is 4.31. The predicted octanol–water partition coefficient (Wildman–Crippen LogP) is 1.79. The molecule has 0 amide bonds. The minimum absolute atomic E-state index is 0.504. The zero-order valence-electron chi connectivity index (χ0n) is 9.77. The molecule has 4 N–H and O–H groups in total. The van der Waals surface area contributed by atoms with Crippen LogP contribution in [0.15, 0.2) is 11.2 Å². The molecular formula is C10H17N5S2. The SMILES string of the molecule is CSc1nc(NN)cc(NC2CCCSC2)n1. The van der Waals surface area contributed by atoms with E-state index < -0.39 is 0 Å². The Bertz CT molecular complexity index is 345. The molecule has 0 saturated carbocycles. The number of anilines is 2. The lowest BCUT2D eigenvalue weighted by Crippen LogP contribution is -2.26. The summed E-state index contributed by atoms with van der Waals surface area (Å²) < 4.78 is 0. The molecule has 1 aromatic rings. The molecule has 1 aromatic heterocycles. The minimum atomic E-state index is 0.504. The Hall–Kier alpha value is -0.660. The number of hydrogen-bond donors (Lipinski definition) is 3. The number of nitrogen functional groups attached to an aromatic ring is 1. The van der Waals surface area contributed by atoms with Gasteiger partial charge in [-0.25, -0.2) is 15.8 Å². The first-order valence-electron chi connectivity index (χ1n) is 5.56. The fourth-order valence-electron chi connectivity index (χ4n) is 1.73. The van der Waals surface area contributed by atoms with E-state index in [1.54, 1.807) is 0 Å². The summed E-state index contributed by atoms with van der Waals surface area (Å²) >= 11 is 3.50. The van der Waals surface area contributed by atoms with E-state index in [1.807, 2.05) is 24.1 Å². The molecule has 5 nitrogen and oxygen atoms in total. The molecule has 1 aliphatic rings. The number of hydrogen-bond acceptors (Lipinski definition) is 7. The molecule has 1 saturated heterocycles. The van der Waals surface area contributed by atoms with Crippen LogP contribution in [-0.4, -0.2) is 33.8 Å². The van der Waals surface area contributed by atoms with Gasteiger partial charge in [-0.15, -0.1) is 0 Å². The highest BCUT2D eigenvalue weighted by Gasteiger charge is 2.14. The van der Waals surface area contributed by atoms with Crippen molar-refractivity contribution < 1.29 is 0 Å².